The van der Waals surface area contributed by atoms with E-state index in [2.05, 4.69) is 27.3 Å². The summed E-state index contributed by atoms with van der Waals surface area (Å²) >= 11 is 3.39. The number of hydrogen-bond donors (Lipinski definition) is 1. The molecule has 29 heavy (non-hydrogen) atoms. The third-order valence-electron chi connectivity index (χ3n) is 5.94. The molecule has 2 unspecified atom stereocenters. The van der Waals surface area contributed by atoms with Crippen LogP contribution in [0.2, 0.25) is 0 Å². The Kier molecular flexibility index (Phi) is 5.62. The van der Waals surface area contributed by atoms with Gasteiger partial charge in [-0.1, -0.05) is 47.3 Å². The van der Waals surface area contributed by atoms with Crippen LogP contribution in [-0.4, -0.2) is 6.04 Å². The molecule has 142 valence electrons. The van der Waals surface area contributed by atoms with Gasteiger partial charge in [0.15, 0.2) is 5.41 Å². The fourth-order valence-electron chi connectivity index (χ4n) is 4.51. The monoisotopic (exact) mass is 444 g/mol. The van der Waals surface area contributed by atoms with Gasteiger partial charge in [0.25, 0.3) is 0 Å². The van der Waals surface area contributed by atoms with Crippen LogP contribution in [0, 0.1) is 67.5 Å². The molecule has 1 aromatic carbocycles. The molecule has 0 amide bonds. The number of hydrogen-bond acceptors (Lipinski definition) is 6. The second kappa shape index (κ2) is 7.97. The van der Waals surface area contributed by atoms with Crippen molar-refractivity contribution >= 4 is 15.9 Å². The number of allylic oxidation sites excluding steroid dienone is 2. The first-order chi connectivity index (χ1) is 14.0. The summed E-state index contributed by atoms with van der Waals surface area (Å²) in [5.41, 5.74) is -2.77. The van der Waals surface area contributed by atoms with Gasteiger partial charge in [0, 0.05) is 16.4 Å². The first-order valence-corrected chi connectivity index (χ1v) is 10.1. The fraction of sp³-hybridized carbons (Fsp3) is 0.409. The summed E-state index contributed by atoms with van der Waals surface area (Å²) in [6, 6.07) is 17.1. The average molecular weight is 445 g/mol. The first-order valence-electron chi connectivity index (χ1n) is 9.35. The van der Waals surface area contributed by atoms with Crippen molar-refractivity contribution < 1.29 is 0 Å². The Morgan fingerprint density at radius 1 is 0.966 bits per heavy atom. The Morgan fingerprint density at radius 2 is 1.62 bits per heavy atom. The van der Waals surface area contributed by atoms with E-state index in [1.807, 2.05) is 30.3 Å². The minimum absolute atomic E-state index is 0.000444. The zero-order chi connectivity index (χ0) is 21.1. The molecule has 1 N–H and O–H groups in total. The smallest absolute Gasteiger partial charge is 0.177 e. The highest BCUT2D eigenvalue weighted by Crippen LogP contribution is 2.76. The lowest BCUT2D eigenvalue weighted by Crippen LogP contribution is -2.36. The van der Waals surface area contributed by atoms with Crippen molar-refractivity contribution in [3.05, 3.63) is 45.6 Å². The van der Waals surface area contributed by atoms with Crippen molar-refractivity contribution in [2.45, 2.75) is 44.1 Å². The number of nitrogens with one attached hydrogen (secondary N) is 1. The van der Waals surface area contributed by atoms with Gasteiger partial charge < -0.3 is 5.32 Å². The van der Waals surface area contributed by atoms with Crippen molar-refractivity contribution in [3.63, 3.8) is 0 Å². The average Bonchev–Trinajstić information content (AvgIpc) is 3.38. The molecule has 6 nitrogen and oxygen atoms in total. The quantitative estimate of drug-likeness (QED) is 0.687. The van der Waals surface area contributed by atoms with E-state index in [1.165, 1.54) is 0 Å². The van der Waals surface area contributed by atoms with Crippen LogP contribution in [0.1, 0.15) is 43.6 Å². The molecule has 0 radical (unpaired) electrons. The van der Waals surface area contributed by atoms with Crippen LogP contribution >= 0.6 is 15.9 Å². The lowest BCUT2D eigenvalue weighted by Gasteiger charge is -2.28. The molecular weight excluding hydrogens is 428 g/mol. The molecule has 2 fully saturated rings. The van der Waals surface area contributed by atoms with Crippen LogP contribution in [0.3, 0.4) is 0 Å². The standard InChI is InChI=1S/C22H17BrN6/c23-17-6-4-5-15(9-17)19-21(12-26,13-27)22(19,14-28)20(16(10-24)11-25)29-18-7-2-1-3-8-18/h4-6,9,18-19,29H,1-3,7-8H2. The SMILES string of the molecule is N#CC(C#N)=C(NC1CCCCC1)C1(C#N)C(c2cccc(Br)c2)C1(C#N)C#N. The van der Waals surface area contributed by atoms with Crippen LogP contribution in [-0.2, 0) is 0 Å². The molecule has 0 spiro atoms. The molecule has 2 atom stereocenters. The third kappa shape index (κ3) is 3.04. The van der Waals surface area contributed by atoms with Crippen molar-refractivity contribution in [3.8, 4) is 30.3 Å². The maximum atomic E-state index is 10.2. The molecule has 7 heteroatoms. The maximum absolute atomic E-state index is 10.2. The Bertz CT molecular complexity index is 1030. The number of nitrogens with zero attached hydrogens (tertiary/aromatic N) is 5. The minimum Gasteiger partial charge on any atom is -0.383 e. The van der Waals surface area contributed by atoms with E-state index in [-0.39, 0.29) is 17.3 Å². The van der Waals surface area contributed by atoms with E-state index >= 15 is 0 Å². The van der Waals surface area contributed by atoms with Crippen LogP contribution in [0.15, 0.2) is 40.0 Å². The zero-order valence-electron chi connectivity index (χ0n) is 15.6. The predicted molar refractivity (Wildman–Crippen MR) is 107 cm³/mol. The van der Waals surface area contributed by atoms with Gasteiger partial charge in [-0.25, -0.2) is 0 Å². The largest absolute Gasteiger partial charge is 0.383 e. The molecule has 2 aliphatic carbocycles. The van der Waals surface area contributed by atoms with E-state index in [1.54, 1.807) is 18.2 Å². The van der Waals surface area contributed by atoms with Crippen molar-refractivity contribution in [1.29, 1.82) is 26.3 Å². The number of halogens is 1. The second-order valence-electron chi connectivity index (χ2n) is 7.39. The van der Waals surface area contributed by atoms with Crippen molar-refractivity contribution in [2.24, 2.45) is 10.8 Å². The number of benzene rings is 1. The Morgan fingerprint density at radius 3 is 2.14 bits per heavy atom. The van der Waals surface area contributed by atoms with E-state index in [4.69, 9.17) is 0 Å². The van der Waals surface area contributed by atoms with Crippen LogP contribution in [0.5, 0.6) is 0 Å². The second-order valence-corrected chi connectivity index (χ2v) is 8.31. The molecular formula is C22H17BrN6. The third-order valence-corrected chi connectivity index (χ3v) is 6.43. The Balaban J connectivity index is 2.20. The first kappa shape index (κ1) is 20.4. The van der Waals surface area contributed by atoms with Gasteiger partial charge >= 0.3 is 0 Å². The van der Waals surface area contributed by atoms with Gasteiger partial charge in [-0.3, -0.25) is 0 Å². The highest BCUT2D eigenvalue weighted by molar-refractivity contribution is 9.10. The van der Waals surface area contributed by atoms with Crippen molar-refractivity contribution in [2.75, 3.05) is 0 Å². The van der Waals surface area contributed by atoms with Crippen molar-refractivity contribution in [1.82, 2.24) is 5.32 Å². The number of nitriles is 5. The summed E-state index contributed by atoms with van der Waals surface area (Å²) in [5, 5.41) is 52.5. The van der Waals surface area contributed by atoms with Gasteiger partial charge in [-0.05, 0) is 30.5 Å². The van der Waals surface area contributed by atoms with E-state index < -0.39 is 16.7 Å². The molecule has 0 saturated heterocycles. The molecule has 2 aliphatic rings. The Hall–Kier alpha value is -3.31. The van der Waals surface area contributed by atoms with E-state index in [9.17, 15) is 26.3 Å². The summed E-state index contributed by atoms with van der Waals surface area (Å²) in [6.45, 7) is 0. The molecule has 0 aliphatic heterocycles. The number of rotatable bonds is 4. The highest BCUT2D eigenvalue weighted by atomic mass is 79.9. The molecule has 0 bridgehead atoms. The van der Waals surface area contributed by atoms with Gasteiger partial charge in [0.1, 0.15) is 23.1 Å². The summed E-state index contributed by atoms with van der Waals surface area (Å²) in [7, 11) is 0. The molecule has 1 aromatic rings. The lowest BCUT2D eigenvalue weighted by molar-refractivity contribution is 0.380. The zero-order valence-corrected chi connectivity index (χ0v) is 17.2. The topological polar surface area (TPSA) is 131 Å². The Labute approximate surface area is 178 Å². The molecule has 3 rings (SSSR count). The lowest BCUT2D eigenvalue weighted by atomic mass is 9.87. The van der Waals surface area contributed by atoms with E-state index in [0.29, 0.717) is 5.56 Å². The van der Waals surface area contributed by atoms with Gasteiger partial charge in [-0.15, -0.1) is 0 Å². The summed E-state index contributed by atoms with van der Waals surface area (Å²) in [4.78, 5) is 0. The van der Waals surface area contributed by atoms with Gasteiger partial charge in [-0.2, -0.15) is 26.3 Å². The summed E-state index contributed by atoms with van der Waals surface area (Å²) in [6.07, 6.45) is 4.84. The summed E-state index contributed by atoms with van der Waals surface area (Å²) in [5.74, 6) is -0.768. The van der Waals surface area contributed by atoms with Crippen LogP contribution in [0.4, 0.5) is 0 Å². The molecule has 2 saturated carbocycles. The predicted octanol–water partition coefficient (Wildman–Crippen LogP) is 4.31. The van der Waals surface area contributed by atoms with Crippen LogP contribution < -0.4 is 5.32 Å². The summed E-state index contributed by atoms with van der Waals surface area (Å²) < 4.78 is 0.755. The normalized spacial score (nSPS) is 24.5. The maximum Gasteiger partial charge on any atom is 0.177 e. The molecule has 0 aromatic heterocycles. The molecule has 0 heterocycles. The van der Waals surface area contributed by atoms with Gasteiger partial charge in [0.05, 0.1) is 23.9 Å². The fourth-order valence-corrected chi connectivity index (χ4v) is 4.93. The van der Waals surface area contributed by atoms with Crippen LogP contribution in [0.25, 0.3) is 0 Å². The minimum atomic E-state index is -1.68. The van der Waals surface area contributed by atoms with E-state index in [0.717, 1.165) is 36.6 Å². The van der Waals surface area contributed by atoms with Gasteiger partial charge in [0.2, 0.25) is 0 Å². The highest BCUT2D eigenvalue weighted by Gasteiger charge is 2.83.